The lowest BCUT2D eigenvalue weighted by Crippen LogP contribution is -2.08. The van der Waals surface area contributed by atoms with Crippen LogP contribution < -0.4 is 5.69 Å². The van der Waals surface area contributed by atoms with E-state index in [9.17, 15) is 4.79 Å². The minimum Gasteiger partial charge on any atom is -0.306 e. The zero-order chi connectivity index (χ0) is 12.6. The van der Waals surface area contributed by atoms with E-state index in [1.54, 1.807) is 0 Å². The molecule has 0 aliphatic rings. The van der Waals surface area contributed by atoms with Crippen molar-refractivity contribution in [2.75, 3.05) is 0 Å². The number of H-pyrrole nitrogens is 2. The highest BCUT2D eigenvalue weighted by Crippen LogP contribution is 2.36. The van der Waals surface area contributed by atoms with Gasteiger partial charge in [-0.05, 0) is 29.5 Å². The summed E-state index contributed by atoms with van der Waals surface area (Å²) in [7, 11) is 0. The highest BCUT2D eigenvalue weighted by Gasteiger charge is 2.18. The lowest BCUT2D eigenvalue weighted by molar-refractivity contribution is 0.377. The van der Waals surface area contributed by atoms with Gasteiger partial charge >= 0.3 is 5.69 Å². The second-order valence-electron chi connectivity index (χ2n) is 5.62. The van der Waals surface area contributed by atoms with Gasteiger partial charge in [0, 0.05) is 4.83 Å². The van der Waals surface area contributed by atoms with Crippen molar-refractivity contribution >= 4 is 27.0 Å². The summed E-state index contributed by atoms with van der Waals surface area (Å²) in [5.41, 5.74) is 3.04. The molecule has 17 heavy (non-hydrogen) atoms. The number of alkyl halides is 1. The molecule has 1 unspecified atom stereocenters. The Morgan fingerprint density at radius 2 is 1.88 bits per heavy atom. The Hall–Kier alpha value is -1.03. The molecule has 0 fully saturated rings. The van der Waals surface area contributed by atoms with Gasteiger partial charge in [0.05, 0.1) is 11.0 Å². The fraction of sp³-hybridized carbons (Fsp3) is 0.462. The van der Waals surface area contributed by atoms with E-state index < -0.39 is 0 Å². The van der Waals surface area contributed by atoms with E-state index in [2.05, 4.69) is 52.7 Å². The number of halogens is 1. The number of nitrogens with one attached hydrogen (secondary N) is 2. The standard InChI is InChI=1S/C13H17BrN2O/c1-13(2,3)7-9(14)8-4-5-10-11(6-8)16-12(17)15-10/h4-6,9H,7H2,1-3H3,(H2,15,16,17). The SMILES string of the molecule is CC(C)(C)CC(Br)c1ccc2[nH]c(=O)[nH]c2c1. The lowest BCUT2D eigenvalue weighted by Gasteiger charge is -2.22. The van der Waals surface area contributed by atoms with Crippen LogP contribution in [0.5, 0.6) is 0 Å². The van der Waals surface area contributed by atoms with Gasteiger partial charge in [-0.2, -0.15) is 0 Å². The minimum atomic E-state index is -0.154. The summed E-state index contributed by atoms with van der Waals surface area (Å²) in [6, 6.07) is 6.02. The van der Waals surface area contributed by atoms with Crippen LogP contribution in [0.2, 0.25) is 0 Å². The van der Waals surface area contributed by atoms with Gasteiger partial charge < -0.3 is 9.97 Å². The Morgan fingerprint density at radius 3 is 2.53 bits per heavy atom. The number of fused-ring (bicyclic) bond motifs is 1. The molecule has 0 radical (unpaired) electrons. The quantitative estimate of drug-likeness (QED) is 0.815. The molecule has 1 atom stereocenters. The van der Waals surface area contributed by atoms with Crippen molar-refractivity contribution in [2.24, 2.45) is 5.41 Å². The molecule has 2 N–H and O–H groups in total. The van der Waals surface area contributed by atoms with E-state index >= 15 is 0 Å². The first-order chi connectivity index (χ1) is 7.85. The fourth-order valence-corrected chi connectivity index (χ4v) is 3.16. The molecule has 1 aromatic carbocycles. The maximum atomic E-state index is 11.2. The number of rotatable bonds is 2. The van der Waals surface area contributed by atoms with Crippen LogP contribution in [0.25, 0.3) is 11.0 Å². The smallest absolute Gasteiger partial charge is 0.306 e. The third kappa shape index (κ3) is 3.00. The zero-order valence-corrected chi connectivity index (χ0v) is 11.9. The predicted molar refractivity (Wildman–Crippen MR) is 74.7 cm³/mol. The number of hydrogen-bond donors (Lipinski definition) is 2. The monoisotopic (exact) mass is 296 g/mol. The second-order valence-corrected chi connectivity index (χ2v) is 6.72. The Balaban J connectivity index is 2.32. The number of hydrogen-bond acceptors (Lipinski definition) is 1. The number of benzene rings is 1. The van der Waals surface area contributed by atoms with E-state index in [-0.39, 0.29) is 11.1 Å². The third-order valence-electron chi connectivity index (χ3n) is 2.69. The molecule has 0 saturated carbocycles. The average molecular weight is 297 g/mol. The first-order valence-electron chi connectivity index (χ1n) is 5.71. The van der Waals surface area contributed by atoms with Crippen molar-refractivity contribution in [1.29, 1.82) is 0 Å². The van der Waals surface area contributed by atoms with Crippen molar-refractivity contribution < 1.29 is 0 Å². The Labute approximate surface area is 109 Å². The lowest BCUT2D eigenvalue weighted by atomic mass is 9.88. The number of aromatic amines is 2. The molecule has 0 saturated heterocycles. The molecule has 92 valence electrons. The molecule has 0 spiro atoms. The van der Waals surface area contributed by atoms with Crippen molar-refractivity contribution in [3.63, 3.8) is 0 Å². The van der Waals surface area contributed by atoms with Gasteiger partial charge in [0.25, 0.3) is 0 Å². The van der Waals surface area contributed by atoms with Crippen molar-refractivity contribution in [2.45, 2.75) is 32.0 Å². The predicted octanol–water partition coefficient (Wildman–Crippen LogP) is 3.73. The van der Waals surface area contributed by atoms with Gasteiger partial charge in [-0.1, -0.05) is 42.8 Å². The molecule has 1 aromatic heterocycles. The van der Waals surface area contributed by atoms with Crippen LogP contribution in [0, 0.1) is 5.41 Å². The highest BCUT2D eigenvalue weighted by atomic mass is 79.9. The summed E-state index contributed by atoms with van der Waals surface area (Å²) in [6.07, 6.45) is 1.05. The van der Waals surface area contributed by atoms with Crippen molar-refractivity contribution in [1.82, 2.24) is 9.97 Å². The molecule has 2 rings (SSSR count). The summed E-state index contributed by atoms with van der Waals surface area (Å²) < 4.78 is 0. The Morgan fingerprint density at radius 1 is 1.24 bits per heavy atom. The second kappa shape index (κ2) is 4.33. The first-order valence-corrected chi connectivity index (χ1v) is 6.63. The molecule has 0 bridgehead atoms. The van der Waals surface area contributed by atoms with Gasteiger partial charge in [0.1, 0.15) is 0 Å². The van der Waals surface area contributed by atoms with Crippen LogP contribution in [-0.2, 0) is 0 Å². The molecular weight excluding hydrogens is 280 g/mol. The summed E-state index contributed by atoms with van der Waals surface area (Å²) >= 11 is 3.71. The van der Waals surface area contributed by atoms with Gasteiger partial charge in [-0.15, -0.1) is 0 Å². The van der Waals surface area contributed by atoms with Crippen LogP contribution in [0.15, 0.2) is 23.0 Å². The fourth-order valence-electron chi connectivity index (χ4n) is 1.90. The zero-order valence-electron chi connectivity index (χ0n) is 10.3. The van der Waals surface area contributed by atoms with E-state index in [1.807, 2.05) is 12.1 Å². The van der Waals surface area contributed by atoms with Gasteiger partial charge in [-0.25, -0.2) is 4.79 Å². The number of aromatic nitrogens is 2. The summed E-state index contributed by atoms with van der Waals surface area (Å²) in [5, 5.41) is 0. The van der Waals surface area contributed by atoms with Crippen LogP contribution in [0.3, 0.4) is 0 Å². The maximum Gasteiger partial charge on any atom is 0.323 e. The first kappa shape index (κ1) is 12.4. The maximum absolute atomic E-state index is 11.2. The van der Waals surface area contributed by atoms with Gasteiger partial charge in [0.15, 0.2) is 0 Å². The molecule has 0 amide bonds. The molecule has 4 heteroatoms. The molecule has 1 heterocycles. The van der Waals surface area contributed by atoms with Gasteiger partial charge in [-0.3, -0.25) is 0 Å². The van der Waals surface area contributed by atoms with Crippen molar-refractivity contribution in [3.05, 3.63) is 34.2 Å². The Kier molecular flexibility index (Phi) is 3.17. The summed E-state index contributed by atoms with van der Waals surface area (Å²) in [4.78, 5) is 17.0. The molecule has 3 nitrogen and oxygen atoms in total. The number of imidazole rings is 1. The van der Waals surface area contributed by atoms with Crippen LogP contribution in [0.1, 0.15) is 37.6 Å². The van der Waals surface area contributed by atoms with E-state index in [4.69, 9.17) is 0 Å². The van der Waals surface area contributed by atoms with Crippen LogP contribution in [-0.4, -0.2) is 9.97 Å². The van der Waals surface area contributed by atoms with Crippen LogP contribution >= 0.6 is 15.9 Å². The van der Waals surface area contributed by atoms with Crippen LogP contribution in [0.4, 0.5) is 0 Å². The normalized spacial score (nSPS) is 14.1. The topological polar surface area (TPSA) is 48.6 Å². The van der Waals surface area contributed by atoms with E-state index in [0.717, 1.165) is 17.5 Å². The molecular formula is C13H17BrN2O. The van der Waals surface area contributed by atoms with E-state index in [0.29, 0.717) is 4.83 Å². The van der Waals surface area contributed by atoms with E-state index in [1.165, 1.54) is 5.56 Å². The van der Waals surface area contributed by atoms with Gasteiger partial charge in [0.2, 0.25) is 0 Å². The summed E-state index contributed by atoms with van der Waals surface area (Å²) in [5.74, 6) is 0. The largest absolute Gasteiger partial charge is 0.323 e. The average Bonchev–Trinajstić information content (AvgIpc) is 2.53. The van der Waals surface area contributed by atoms with Crippen molar-refractivity contribution in [3.8, 4) is 0 Å². The molecule has 0 aliphatic heterocycles. The highest BCUT2D eigenvalue weighted by molar-refractivity contribution is 9.09. The Bertz CT molecular complexity index is 577. The molecule has 2 aromatic rings. The summed E-state index contributed by atoms with van der Waals surface area (Å²) in [6.45, 7) is 6.66. The minimum absolute atomic E-state index is 0.154. The molecule has 0 aliphatic carbocycles. The third-order valence-corrected chi connectivity index (χ3v) is 3.55.